The summed E-state index contributed by atoms with van der Waals surface area (Å²) in [6.07, 6.45) is 1.84. The van der Waals surface area contributed by atoms with E-state index in [0.29, 0.717) is 6.54 Å². The second-order valence-corrected chi connectivity index (χ2v) is 4.66. The first-order valence-electron chi connectivity index (χ1n) is 7.05. The van der Waals surface area contributed by atoms with Crippen molar-refractivity contribution in [2.45, 2.75) is 20.0 Å². The van der Waals surface area contributed by atoms with Crippen molar-refractivity contribution in [2.75, 3.05) is 33.4 Å². The van der Waals surface area contributed by atoms with Crippen LogP contribution in [-0.4, -0.2) is 43.4 Å². The molecule has 1 aromatic carbocycles. The van der Waals surface area contributed by atoms with Crippen LogP contribution in [0.1, 0.15) is 18.1 Å². The minimum absolute atomic E-state index is 0.189. The highest BCUT2D eigenvalue weighted by Gasteiger charge is 2.07. The molecule has 0 heterocycles. The Kier molecular flexibility index (Phi) is 7.95. The van der Waals surface area contributed by atoms with Crippen molar-refractivity contribution in [3.63, 3.8) is 0 Å². The summed E-state index contributed by atoms with van der Waals surface area (Å²) < 4.78 is 5.46. The van der Waals surface area contributed by atoms with Crippen LogP contribution in [-0.2, 0) is 13.1 Å². The number of aliphatic hydroxyl groups is 1. The van der Waals surface area contributed by atoms with Crippen LogP contribution in [0.2, 0.25) is 0 Å². The average Bonchev–Trinajstić information content (AvgIpc) is 2.48. The molecular weight excluding hydrogens is 252 g/mol. The van der Waals surface area contributed by atoms with Crippen molar-refractivity contribution in [3.8, 4) is 5.75 Å². The summed E-state index contributed by atoms with van der Waals surface area (Å²) >= 11 is 0. The third-order valence-corrected chi connectivity index (χ3v) is 3.23. The number of rotatable bonds is 10. The number of hydrogen-bond acceptors (Lipinski definition) is 4. The van der Waals surface area contributed by atoms with E-state index in [2.05, 4.69) is 41.9 Å². The third kappa shape index (κ3) is 5.33. The van der Waals surface area contributed by atoms with E-state index >= 15 is 0 Å². The summed E-state index contributed by atoms with van der Waals surface area (Å²) in [5.74, 6) is 0.902. The molecule has 0 aliphatic rings. The van der Waals surface area contributed by atoms with Gasteiger partial charge in [-0.3, -0.25) is 4.90 Å². The number of aliphatic hydroxyl groups excluding tert-OH is 1. The van der Waals surface area contributed by atoms with Crippen LogP contribution in [0, 0.1) is 0 Å². The lowest BCUT2D eigenvalue weighted by Gasteiger charge is -2.20. The van der Waals surface area contributed by atoms with E-state index in [4.69, 9.17) is 9.84 Å². The maximum Gasteiger partial charge on any atom is 0.123 e. The van der Waals surface area contributed by atoms with Gasteiger partial charge in [0.2, 0.25) is 0 Å². The predicted molar refractivity (Wildman–Crippen MR) is 82.9 cm³/mol. The fourth-order valence-electron chi connectivity index (χ4n) is 2.09. The number of benzene rings is 1. The third-order valence-electron chi connectivity index (χ3n) is 3.23. The Balaban J connectivity index is 2.72. The fourth-order valence-corrected chi connectivity index (χ4v) is 2.09. The molecule has 0 unspecified atom stereocenters. The molecule has 0 aromatic heterocycles. The number of hydrogen-bond donors (Lipinski definition) is 2. The lowest BCUT2D eigenvalue weighted by molar-refractivity contribution is 0.196. The molecule has 1 aromatic rings. The van der Waals surface area contributed by atoms with Gasteiger partial charge in [-0.15, -0.1) is 6.58 Å². The van der Waals surface area contributed by atoms with Gasteiger partial charge in [0, 0.05) is 31.7 Å². The molecule has 0 bridgehead atoms. The minimum Gasteiger partial charge on any atom is -0.496 e. The van der Waals surface area contributed by atoms with Crippen LogP contribution >= 0.6 is 0 Å². The van der Waals surface area contributed by atoms with E-state index in [0.717, 1.165) is 37.5 Å². The summed E-state index contributed by atoms with van der Waals surface area (Å²) in [6, 6.07) is 6.29. The molecule has 4 nitrogen and oxygen atoms in total. The molecule has 2 N–H and O–H groups in total. The van der Waals surface area contributed by atoms with E-state index in [-0.39, 0.29) is 6.61 Å². The maximum absolute atomic E-state index is 9.03. The van der Waals surface area contributed by atoms with Gasteiger partial charge in [0.1, 0.15) is 5.75 Å². The normalized spacial score (nSPS) is 10.8. The Bertz CT molecular complexity index is 407. The monoisotopic (exact) mass is 278 g/mol. The van der Waals surface area contributed by atoms with Crippen molar-refractivity contribution in [1.29, 1.82) is 0 Å². The SMILES string of the molecule is C=CCNCc1ccc(CN(CC)CCO)cc1OC. The zero-order valence-electron chi connectivity index (χ0n) is 12.6. The average molecular weight is 278 g/mol. The van der Waals surface area contributed by atoms with E-state index in [9.17, 15) is 0 Å². The highest BCUT2D eigenvalue weighted by Crippen LogP contribution is 2.21. The van der Waals surface area contributed by atoms with Gasteiger partial charge in [-0.25, -0.2) is 0 Å². The Morgan fingerprint density at radius 3 is 2.85 bits per heavy atom. The molecule has 4 heteroatoms. The summed E-state index contributed by atoms with van der Waals surface area (Å²) in [7, 11) is 1.70. The Labute approximate surface area is 122 Å². The molecule has 0 radical (unpaired) electrons. The van der Waals surface area contributed by atoms with Crippen molar-refractivity contribution in [3.05, 3.63) is 42.0 Å². The first-order chi connectivity index (χ1) is 9.74. The van der Waals surface area contributed by atoms with E-state index in [1.807, 2.05) is 6.08 Å². The van der Waals surface area contributed by atoms with Crippen molar-refractivity contribution in [1.82, 2.24) is 10.2 Å². The van der Waals surface area contributed by atoms with Crippen LogP contribution in [0.3, 0.4) is 0 Å². The second-order valence-electron chi connectivity index (χ2n) is 4.66. The fraction of sp³-hybridized carbons (Fsp3) is 0.500. The lowest BCUT2D eigenvalue weighted by Crippen LogP contribution is -2.26. The summed E-state index contributed by atoms with van der Waals surface area (Å²) in [4.78, 5) is 2.20. The largest absolute Gasteiger partial charge is 0.496 e. The van der Waals surface area contributed by atoms with Crippen molar-refractivity contribution < 1.29 is 9.84 Å². The van der Waals surface area contributed by atoms with Gasteiger partial charge >= 0.3 is 0 Å². The summed E-state index contributed by atoms with van der Waals surface area (Å²) in [5.41, 5.74) is 2.34. The smallest absolute Gasteiger partial charge is 0.123 e. The van der Waals surface area contributed by atoms with Gasteiger partial charge in [-0.1, -0.05) is 25.1 Å². The highest BCUT2D eigenvalue weighted by atomic mass is 16.5. The molecule has 0 amide bonds. The number of methoxy groups -OCH3 is 1. The molecule has 0 aliphatic heterocycles. The van der Waals surface area contributed by atoms with E-state index in [1.165, 1.54) is 5.56 Å². The van der Waals surface area contributed by atoms with Gasteiger partial charge in [-0.05, 0) is 18.2 Å². The number of ether oxygens (including phenoxy) is 1. The summed E-state index contributed by atoms with van der Waals surface area (Å²) in [5, 5.41) is 12.3. The van der Waals surface area contributed by atoms with Crippen molar-refractivity contribution >= 4 is 0 Å². The van der Waals surface area contributed by atoms with E-state index in [1.54, 1.807) is 7.11 Å². The van der Waals surface area contributed by atoms with Crippen LogP contribution in [0.5, 0.6) is 5.75 Å². The molecule has 1 rings (SSSR count). The van der Waals surface area contributed by atoms with Crippen LogP contribution in [0.4, 0.5) is 0 Å². The topological polar surface area (TPSA) is 44.7 Å². The molecule has 0 saturated heterocycles. The Morgan fingerprint density at radius 2 is 2.25 bits per heavy atom. The second kappa shape index (κ2) is 9.53. The first-order valence-corrected chi connectivity index (χ1v) is 7.05. The molecule has 0 atom stereocenters. The van der Waals surface area contributed by atoms with Crippen LogP contribution < -0.4 is 10.1 Å². The number of nitrogens with one attached hydrogen (secondary N) is 1. The van der Waals surface area contributed by atoms with Gasteiger partial charge in [-0.2, -0.15) is 0 Å². The Hall–Kier alpha value is -1.36. The maximum atomic E-state index is 9.03. The molecule has 0 saturated carbocycles. The minimum atomic E-state index is 0.189. The highest BCUT2D eigenvalue weighted by molar-refractivity contribution is 5.37. The van der Waals surface area contributed by atoms with Gasteiger partial charge in [0.15, 0.2) is 0 Å². The van der Waals surface area contributed by atoms with Crippen LogP contribution in [0.15, 0.2) is 30.9 Å². The Morgan fingerprint density at radius 1 is 1.45 bits per heavy atom. The quantitative estimate of drug-likeness (QED) is 0.506. The molecule has 0 spiro atoms. The van der Waals surface area contributed by atoms with Crippen LogP contribution in [0.25, 0.3) is 0 Å². The summed E-state index contributed by atoms with van der Waals surface area (Å²) in [6.45, 7) is 9.97. The molecule has 112 valence electrons. The molecular formula is C16H26N2O2. The number of nitrogens with zero attached hydrogens (tertiary/aromatic N) is 1. The lowest BCUT2D eigenvalue weighted by atomic mass is 10.1. The van der Waals surface area contributed by atoms with E-state index < -0.39 is 0 Å². The predicted octanol–water partition coefficient (Wildman–Crippen LogP) is 1.78. The van der Waals surface area contributed by atoms with Gasteiger partial charge in [0.25, 0.3) is 0 Å². The zero-order valence-corrected chi connectivity index (χ0v) is 12.6. The molecule has 0 fully saturated rings. The number of likely N-dealkylation sites (N-methyl/N-ethyl adjacent to an activating group) is 1. The molecule has 0 aliphatic carbocycles. The zero-order chi connectivity index (χ0) is 14.8. The standard InChI is InChI=1S/C16H26N2O2/c1-4-8-17-12-15-7-6-14(11-16(15)20-3)13-18(5-2)9-10-19/h4,6-7,11,17,19H,1,5,8-10,12-13H2,2-3H3. The van der Waals surface area contributed by atoms with Gasteiger partial charge < -0.3 is 15.2 Å². The first kappa shape index (κ1) is 16.7. The molecule has 20 heavy (non-hydrogen) atoms. The van der Waals surface area contributed by atoms with Crippen molar-refractivity contribution in [2.24, 2.45) is 0 Å². The van der Waals surface area contributed by atoms with Gasteiger partial charge in [0.05, 0.1) is 13.7 Å².